The van der Waals surface area contributed by atoms with E-state index < -0.39 is 0 Å². The minimum absolute atomic E-state index is 0.232. The zero-order chi connectivity index (χ0) is 18.6. The quantitative estimate of drug-likeness (QED) is 0.616. The van der Waals surface area contributed by atoms with E-state index >= 15 is 0 Å². The van der Waals surface area contributed by atoms with E-state index in [4.69, 9.17) is 5.73 Å². The van der Waals surface area contributed by atoms with Gasteiger partial charge in [0.25, 0.3) is 5.91 Å². The number of hydrogen-bond donors (Lipinski definition) is 3. The number of benzene rings is 2. The van der Waals surface area contributed by atoms with Crippen molar-refractivity contribution in [3.8, 4) is 0 Å². The van der Waals surface area contributed by atoms with Crippen LogP contribution in [0.2, 0.25) is 0 Å². The van der Waals surface area contributed by atoms with Gasteiger partial charge >= 0.3 is 0 Å². The van der Waals surface area contributed by atoms with Gasteiger partial charge in [-0.2, -0.15) is 0 Å². The van der Waals surface area contributed by atoms with E-state index in [1.165, 1.54) is 0 Å². The Morgan fingerprint density at radius 3 is 2.59 bits per heavy atom. The minimum atomic E-state index is -0.239. The maximum atomic E-state index is 12.3. The van der Waals surface area contributed by atoms with Gasteiger partial charge in [0.05, 0.1) is 17.1 Å². The van der Waals surface area contributed by atoms with Crippen molar-refractivity contribution in [1.82, 2.24) is 20.6 Å². The molecule has 0 bridgehead atoms. The number of guanidine groups is 1. The lowest BCUT2D eigenvalue weighted by atomic mass is 10.1. The zero-order valence-corrected chi connectivity index (χ0v) is 14.5. The summed E-state index contributed by atoms with van der Waals surface area (Å²) in [5, 5.41) is 5.77. The first kappa shape index (κ1) is 16.9. The fraction of sp³-hybridized carbons (Fsp3) is 0.100. The predicted octanol–water partition coefficient (Wildman–Crippen LogP) is 1.75. The maximum absolute atomic E-state index is 12.3. The molecule has 1 aliphatic heterocycles. The van der Waals surface area contributed by atoms with Gasteiger partial charge in [0.2, 0.25) is 5.96 Å². The lowest BCUT2D eigenvalue weighted by Crippen LogP contribution is -2.27. The van der Waals surface area contributed by atoms with E-state index in [0.717, 1.165) is 22.2 Å². The van der Waals surface area contributed by atoms with Crippen LogP contribution in [0.15, 0.2) is 71.6 Å². The Bertz CT molecular complexity index is 1040. The molecule has 4 rings (SSSR count). The van der Waals surface area contributed by atoms with E-state index in [1.807, 2.05) is 48.5 Å². The molecule has 1 aliphatic rings. The first-order valence-electron chi connectivity index (χ1n) is 8.56. The molecule has 7 nitrogen and oxygen atoms in total. The summed E-state index contributed by atoms with van der Waals surface area (Å²) >= 11 is 0. The number of aliphatic imine (C=N–C) groups is 1. The molecule has 7 heteroatoms. The van der Waals surface area contributed by atoms with Crippen molar-refractivity contribution in [2.24, 2.45) is 10.7 Å². The van der Waals surface area contributed by atoms with Crippen LogP contribution >= 0.6 is 0 Å². The standard InChI is InChI=1S/C20H18N6O/c21-12-18(14-4-2-1-3-5-14)25-20-24-17(19(27)26-20)11-13-6-7-15-16(10-13)23-9-8-22-15/h1-11,18H,12,21H2,(H2,24,25,26,27)/b17-11-. The fourth-order valence-electron chi connectivity index (χ4n) is 2.89. The van der Waals surface area contributed by atoms with Crippen LogP contribution < -0.4 is 16.4 Å². The summed E-state index contributed by atoms with van der Waals surface area (Å²) in [6, 6.07) is 15.2. The van der Waals surface area contributed by atoms with Crippen molar-refractivity contribution in [3.63, 3.8) is 0 Å². The molecule has 0 spiro atoms. The molecule has 1 amide bonds. The Hall–Kier alpha value is -3.58. The van der Waals surface area contributed by atoms with Crippen LogP contribution in [-0.2, 0) is 4.79 Å². The van der Waals surface area contributed by atoms with Crippen molar-refractivity contribution in [2.75, 3.05) is 6.54 Å². The summed E-state index contributed by atoms with van der Waals surface area (Å²) in [7, 11) is 0. The Morgan fingerprint density at radius 1 is 1.04 bits per heavy atom. The first-order chi connectivity index (χ1) is 13.2. The van der Waals surface area contributed by atoms with Crippen LogP contribution in [0, 0.1) is 0 Å². The van der Waals surface area contributed by atoms with Crippen LogP contribution in [0.4, 0.5) is 0 Å². The van der Waals surface area contributed by atoms with Crippen LogP contribution in [0.3, 0.4) is 0 Å². The topological polar surface area (TPSA) is 105 Å². The zero-order valence-electron chi connectivity index (χ0n) is 14.5. The molecule has 27 heavy (non-hydrogen) atoms. The van der Waals surface area contributed by atoms with Crippen molar-refractivity contribution < 1.29 is 4.79 Å². The number of nitrogens with zero attached hydrogens (tertiary/aromatic N) is 3. The number of carbonyl (C=O) groups excluding carboxylic acids is 1. The molecule has 0 radical (unpaired) electrons. The molecule has 134 valence electrons. The molecule has 0 saturated carbocycles. The van der Waals surface area contributed by atoms with Gasteiger partial charge in [-0.05, 0) is 29.3 Å². The molecular formula is C20H18N6O. The second-order valence-electron chi connectivity index (χ2n) is 6.08. The van der Waals surface area contributed by atoms with Gasteiger partial charge in [-0.25, -0.2) is 4.99 Å². The van der Waals surface area contributed by atoms with Gasteiger partial charge in [-0.1, -0.05) is 36.4 Å². The van der Waals surface area contributed by atoms with Crippen LogP contribution in [0.25, 0.3) is 17.1 Å². The molecule has 4 N–H and O–H groups in total. The highest BCUT2D eigenvalue weighted by Gasteiger charge is 2.23. The van der Waals surface area contributed by atoms with Crippen LogP contribution in [0.1, 0.15) is 17.2 Å². The third-order valence-corrected chi connectivity index (χ3v) is 4.23. The Labute approximate surface area is 156 Å². The van der Waals surface area contributed by atoms with Gasteiger partial charge < -0.3 is 11.1 Å². The van der Waals surface area contributed by atoms with E-state index in [-0.39, 0.29) is 11.9 Å². The smallest absolute Gasteiger partial charge is 0.274 e. The molecule has 0 aliphatic carbocycles. The van der Waals surface area contributed by atoms with Crippen LogP contribution in [0.5, 0.6) is 0 Å². The molecular weight excluding hydrogens is 340 g/mol. The van der Waals surface area contributed by atoms with E-state index in [2.05, 4.69) is 25.6 Å². The van der Waals surface area contributed by atoms with Gasteiger partial charge in [0.15, 0.2) is 0 Å². The van der Waals surface area contributed by atoms with Gasteiger partial charge in [-0.3, -0.25) is 20.1 Å². The van der Waals surface area contributed by atoms with E-state index in [1.54, 1.807) is 18.5 Å². The number of amides is 1. The average Bonchev–Trinajstić information content (AvgIpc) is 3.05. The molecule has 1 fully saturated rings. The molecule has 1 atom stereocenters. The molecule has 2 heterocycles. The number of aromatic nitrogens is 2. The number of nitrogens with two attached hydrogens (primary N) is 1. The summed E-state index contributed by atoms with van der Waals surface area (Å²) in [6.07, 6.45) is 5.04. The number of rotatable bonds is 4. The normalized spacial score (nSPS) is 17.9. The summed E-state index contributed by atoms with van der Waals surface area (Å²) in [4.78, 5) is 25.3. The SMILES string of the molecule is NCC(N=C1NC(=O)/C(=C/c2ccc3nccnc3c2)N1)c1ccccc1. The minimum Gasteiger partial charge on any atom is -0.328 e. The average molecular weight is 358 g/mol. The molecule has 1 unspecified atom stereocenters. The van der Waals surface area contributed by atoms with Crippen molar-refractivity contribution in [1.29, 1.82) is 0 Å². The van der Waals surface area contributed by atoms with E-state index in [9.17, 15) is 4.79 Å². The summed E-state index contributed by atoms with van der Waals surface area (Å²) in [5.74, 6) is 0.156. The molecule has 1 saturated heterocycles. The third-order valence-electron chi connectivity index (χ3n) is 4.23. The highest BCUT2D eigenvalue weighted by atomic mass is 16.2. The Balaban J connectivity index is 1.58. The van der Waals surface area contributed by atoms with E-state index in [0.29, 0.717) is 18.2 Å². The first-order valence-corrected chi connectivity index (χ1v) is 8.56. The van der Waals surface area contributed by atoms with Crippen molar-refractivity contribution in [3.05, 3.63) is 77.7 Å². The lowest BCUT2D eigenvalue weighted by Gasteiger charge is -2.11. The largest absolute Gasteiger partial charge is 0.328 e. The second-order valence-corrected chi connectivity index (χ2v) is 6.08. The second kappa shape index (κ2) is 7.35. The fourth-order valence-corrected chi connectivity index (χ4v) is 2.89. The molecule has 2 aromatic carbocycles. The summed E-state index contributed by atoms with van der Waals surface area (Å²) in [5.41, 5.74) is 9.69. The number of fused-ring (bicyclic) bond motifs is 1. The van der Waals surface area contributed by atoms with Crippen LogP contribution in [-0.4, -0.2) is 28.4 Å². The lowest BCUT2D eigenvalue weighted by molar-refractivity contribution is -0.115. The summed E-state index contributed by atoms with van der Waals surface area (Å²) in [6.45, 7) is 0.341. The van der Waals surface area contributed by atoms with Gasteiger partial charge in [0.1, 0.15) is 5.70 Å². The van der Waals surface area contributed by atoms with Crippen molar-refractivity contribution >= 4 is 29.0 Å². The number of nitrogens with one attached hydrogen (secondary N) is 2. The Kier molecular flexibility index (Phi) is 4.59. The van der Waals surface area contributed by atoms with Crippen molar-refractivity contribution in [2.45, 2.75) is 6.04 Å². The highest BCUT2D eigenvalue weighted by Crippen LogP contribution is 2.17. The number of carbonyl (C=O) groups is 1. The summed E-state index contributed by atoms with van der Waals surface area (Å²) < 4.78 is 0. The van der Waals surface area contributed by atoms with Gasteiger partial charge in [0, 0.05) is 18.9 Å². The van der Waals surface area contributed by atoms with Gasteiger partial charge in [-0.15, -0.1) is 0 Å². The highest BCUT2D eigenvalue weighted by molar-refractivity contribution is 6.15. The monoisotopic (exact) mass is 358 g/mol. The number of hydrogen-bond acceptors (Lipinski definition) is 5. The molecule has 3 aromatic rings. The Morgan fingerprint density at radius 2 is 1.81 bits per heavy atom. The maximum Gasteiger partial charge on any atom is 0.274 e. The third kappa shape index (κ3) is 3.68. The predicted molar refractivity (Wildman–Crippen MR) is 104 cm³/mol. The molecule has 1 aromatic heterocycles.